The molecule has 2 rings (SSSR count). The Morgan fingerprint density at radius 1 is 1.28 bits per heavy atom. The largest absolute Gasteiger partial charge is 0.434 e. The van der Waals surface area contributed by atoms with Crippen LogP contribution in [0.15, 0.2) is 12.1 Å². The quantitative estimate of drug-likeness (QED) is 0.838. The van der Waals surface area contributed by atoms with Crippen LogP contribution in [-0.4, -0.2) is 28.9 Å². The van der Waals surface area contributed by atoms with E-state index in [1.807, 2.05) is 0 Å². The van der Waals surface area contributed by atoms with E-state index >= 15 is 0 Å². The van der Waals surface area contributed by atoms with Gasteiger partial charge in [0.05, 0.1) is 5.56 Å². The Bertz CT molecular complexity index is 467. The molecule has 2 heterocycles. The molecule has 0 bridgehead atoms. The number of pyridine rings is 1. The maximum absolute atomic E-state index is 12.8. The highest BCUT2D eigenvalue weighted by Gasteiger charge is 2.38. The minimum atomic E-state index is -4.68. The molecular formula is C11H12F3N3O. The van der Waals surface area contributed by atoms with Crippen molar-refractivity contribution in [3.8, 4) is 0 Å². The first-order valence-corrected chi connectivity index (χ1v) is 5.52. The number of nitrogen functional groups attached to an aromatic ring is 1. The molecule has 1 aliphatic heterocycles. The average molecular weight is 259 g/mol. The molecule has 0 atom stereocenters. The van der Waals surface area contributed by atoms with Crippen molar-refractivity contribution in [1.29, 1.82) is 0 Å². The van der Waals surface area contributed by atoms with Crippen molar-refractivity contribution < 1.29 is 18.0 Å². The summed E-state index contributed by atoms with van der Waals surface area (Å²) in [5.41, 5.74) is 3.60. The zero-order chi connectivity index (χ0) is 13.3. The zero-order valence-electron chi connectivity index (χ0n) is 9.50. The number of aromatic nitrogens is 1. The normalized spacial score (nSPS) is 16.1. The molecule has 1 saturated heterocycles. The number of carbonyl (C=O) groups excluding carboxylic acids is 1. The minimum Gasteiger partial charge on any atom is -0.384 e. The van der Waals surface area contributed by atoms with Crippen molar-refractivity contribution in [3.63, 3.8) is 0 Å². The average Bonchev–Trinajstić information content (AvgIpc) is 2.80. The first-order chi connectivity index (χ1) is 8.39. The monoisotopic (exact) mass is 259 g/mol. The molecule has 4 nitrogen and oxygen atoms in total. The van der Waals surface area contributed by atoms with Crippen LogP contribution in [-0.2, 0) is 6.18 Å². The molecule has 2 N–H and O–H groups in total. The van der Waals surface area contributed by atoms with E-state index in [4.69, 9.17) is 5.73 Å². The lowest BCUT2D eigenvalue weighted by atomic mass is 10.1. The van der Waals surface area contributed by atoms with E-state index in [0.29, 0.717) is 13.1 Å². The van der Waals surface area contributed by atoms with Gasteiger partial charge in [-0.1, -0.05) is 0 Å². The fourth-order valence-electron chi connectivity index (χ4n) is 1.95. The Morgan fingerprint density at radius 3 is 2.44 bits per heavy atom. The summed E-state index contributed by atoms with van der Waals surface area (Å²) in [6.07, 6.45) is -3.05. The van der Waals surface area contributed by atoms with Crippen molar-refractivity contribution in [3.05, 3.63) is 23.4 Å². The third kappa shape index (κ3) is 2.39. The number of hydrogen-bond donors (Lipinski definition) is 1. The van der Waals surface area contributed by atoms with Gasteiger partial charge in [-0.25, -0.2) is 4.98 Å². The second-order valence-electron chi connectivity index (χ2n) is 4.13. The van der Waals surface area contributed by atoms with Gasteiger partial charge in [0.2, 0.25) is 0 Å². The fraction of sp³-hybridized carbons (Fsp3) is 0.455. The molecule has 0 unspecified atom stereocenters. The number of nitrogens with zero attached hydrogens (tertiary/aromatic N) is 2. The molecule has 1 aromatic heterocycles. The van der Waals surface area contributed by atoms with E-state index in [0.717, 1.165) is 18.9 Å². The van der Waals surface area contributed by atoms with Crippen LogP contribution in [0, 0.1) is 0 Å². The molecule has 1 aromatic rings. The lowest BCUT2D eigenvalue weighted by Gasteiger charge is -2.18. The number of likely N-dealkylation sites (tertiary alicyclic amines) is 1. The number of nitrogens with two attached hydrogens (primary N) is 1. The standard InChI is InChI=1S/C11H12F3N3O/c12-11(13,14)9-7(3-4-8(15)16-9)10(18)17-5-1-2-6-17/h3-4H,1-2,5-6H2,(H2,15,16). The number of halogens is 3. The molecule has 1 fully saturated rings. The smallest absolute Gasteiger partial charge is 0.384 e. The molecule has 0 spiro atoms. The number of carbonyl (C=O) groups is 1. The second kappa shape index (κ2) is 4.47. The van der Waals surface area contributed by atoms with Gasteiger partial charge in [-0.15, -0.1) is 0 Å². The summed E-state index contributed by atoms with van der Waals surface area (Å²) in [7, 11) is 0. The topological polar surface area (TPSA) is 59.2 Å². The van der Waals surface area contributed by atoms with Gasteiger partial charge in [0.15, 0.2) is 5.69 Å². The van der Waals surface area contributed by atoms with E-state index in [2.05, 4.69) is 4.98 Å². The van der Waals surface area contributed by atoms with Crippen LogP contribution < -0.4 is 5.73 Å². The van der Waals surface area contributed by atoms with Crippen LogP contribution in [0.2, 0.25) is 0 Å². The third-order valence-electron chi connectivity index (χ3n) is 2.81. The van der Waals surface area contributed by atoms with Gasteiger partial charge in [0.1, 0.15) is 5.82 Å². The highest BCUT2D eigenvalue weighted by molar-refractivity contribution is 5.95. The van der Waals surface area contributed by atoms with Crippen molar-refractivity contribution >= 4 is 11.7 Å². The number of amides is 1. The van der Waals surface area contributed by atoms with Gasteiger partial charge in [0.25, 0.3) is 5.91 Å². The minimum absolute atomic E-state index is 0.250. The molecule has 7 heteroatoms. The lowest BCUT2D eigenvalue weighted by Crippen LogP contribution is -2.30. The summed E-state index contributed by atoms with van der Waals surface area (Å²) in [6, 6.07) is 2.30. The zero-order valence-corrected chi connectivity index (χ0v) is 9.50. The second-order valence-corrected chi connectivity index (χ2v) is 4.13. The van der Waals surface area contributed by atoms with Gasteiger partial charge < -0.3 is 10.6 Å². The first kappa shape index (κ1) is 12.7. The van der Waals surface area contributed by atoms with Crippen LogP contribution in [0.4, 0.5) is 19.0 Å². The number of alkyl halides is 3. The van der Waals surface area contributed by atoms with E-state index in [9.17, 15) is 18.0 Å². The molecule has 0 saturated carbocycles. The van der Waals surface area contributed by atoms with Crippen LogP contribution in [0.3, 0.4) is 0 Å². The molecule has 98 valence electrons. The summed E-state index contributed by atoms with van der Waals surface area (Å²) >= 11 is 0. The SMILES string of the molecule is Nc1ccc(C(=O)N2CCCC2)c(C(F)(F)F)n1. The number of rotatable bonds is 1. The summed E-state index contributed by atoms with van der Waals surface area (Å²) in [5, 5.41) is 0. The van der Waals surface area contributed by atoms with E-state index in [-0.39, 0.29) is 5.82 Å². The number of anilines is 1. The van der Waals surface area contributed by atoms with Crippen LogP contribution in [0.5, 0.6) is 0 Å². The van der Waals surface area contributed by atoms with E-state index in [1.54, 1.807) is 0 Å². The van der Waals surface area contributed by atoms with Crippen molar-refractivity contribution in [2.45, 2.75) is 19.0 Å². The van der Waals surface area contributed by atoms with Crippen LogP contribution >= 0.6 is 0 Å². The Balaban J connectivity index is 2.40. The first-order valence-electron chi connectivity index (χ1n) is 5.52. The Labute approximate surface area is 102 Å². The van der Waals surface area contributed by atoms with Crippen LogP contribution in [0.1, 0.15) is 28.9 Å². The molecule has 1 amide bonds. The van der Waals surface area contributed by atoms with Gasteiger partial charge in [-0.3, -0.25) is 4.79 Å². The molecule has 0 radical (unpaired) electrons. The van der Waals surface area contributed by atoms with E-state index < -0.39 is 23.3 Å². The third-order valence-corrected chi connectivity index (χ3v) is 2.81. The fourth-order valence-corrected chi connectivity index (χ4v) is 1.95. The van der Waals surface area contributed by atoms with E-state index in [1.165, 1.54) is 11.0 Å². The van der Waals surface area contributed by atoms with Crippen molar-refractivity contribution in [2.24, 2.45) is 0 Å². The predicted octanol–water partition coefficient (Wildman–Crippen LogP) is 1.92. The van der Waals surface area contributed by atoms with Crippen molar-refractivity contribution in [1.82, 2.24) is 9.88 Å². The highest BCUT2D eigenvalue weighted by Crippen LogP contribution is 2.32. The molecular weight excluding hydrogens is 247 g/mol. The summed E-state index contributed by atoms with van der Waals surface area (Å²) in [5.74, 6) is -0.882. The van der Waals surface area contributed by atoms with Gasteiger partial charge in [0, 0.05) is 13.1 Å². The van der Waals surface area contributed by atoms with Crippen molar-refractivity contribution in [2.75, 3.05) is 18.8 Å². The number of hydrogen-bond acceptors (Lipinski definition) is 3. The van der Waals surface area contributed by atoms with Gasteiger partial charge >= 0.3 is 6.18 Å². The Kier molecular flexibility index (Phi) is 3.14. The maximum atomic E-state index is 12.8. The van der Waals surface area contributed by atoms with Gasteiger partial charge in [-0.2, -0.15) is 13.2 Å². The molecule has 18 heavy (non-hydrogen) atoms. The summed E-state index contributed by atoms with van der Waals surface area (Å²) in [4.78, 5) is 16.6. The lowest BCUT2D eigenvalue weighted by molar-refractivity contribution is -0.141. The predicted molar refractivity (Wildman–Crippen MR) is 58.8 cm³/mol. The molecule has 1 aliphatic rings. The summed E-state index contributed by atoms with van der Waals surface area (Å²) in [6.45, 7) is 0.973. The Hall–Kier alpha value is -1.79. The Morgan fingerprint density at radius 2 is 1.89 bits per heavy atom. The van der Waals surface area contributed by atoms with Gasteiger partial charge in [-0.05, 0) is 25.0 Å². The summed E-state index contributed by atoms with van der Waals surface area (Å²) < 4.78 is 38.4. The highest BCUT2D eigenvalue weighted by atomic mass is 19.4. The molecule has 0 aromatic carbocycles. The maximum Gasteiger partial charge on any atom is 0.434 e. The molecule has 0 aliphatic carbocycles. The van der Waals surface area contributed by atoms with Crippen LogP contribution in [0.25, 0.3) is 0 Å².